The lowest BCUT2D eigenvalue weighted by molar-refractivity contribution is 0.0963. The zero-order chi connectivity index (χ0) is 19.5. The molecule has 0 atom stereocenters. The third-order valence-electron chi connectivity index (χ3n) is 4.22. The van der Waals surface area contributed by atoms with Crippen LogP contribution in [-0.2, 0) is 0 Å². The summed E-state index contributed by atoms with van der Waals surface area (Å²) in [5, 5.41) is 9.97. The first-order valence-electron chi connectivity index (χ1n) is 8.58. The highest BCUT2D eigenvalue weighted by Crippen LogP contribution is 2.28. The minimum absolute atomic E-state index is 0.264. The summed E-state index contributed by atoms with van der Waals surface area (Å²) in [6.45, 7) is 0. The predicted octanol–water partition coefficient (Wildman–Crippen LogP) is 3.94. The van der Waals surface area contributed by atoms with Crippen LogP contribution in [0.15, 0.2) is 61.1 Å². The minimum atomic E-state index is -0.421. The Hall–Kier alpha value is -3.94. The van der Waals surface area contributed by atoms with Gasteiger partial charge in [0.2, 0.25) is 0 Å². The Labute approximate surface area is 160 Å². The van der Waals surface area contributed by atoms with Crippen LogP contribution in [0.5, 0.6) is 0 Å². The number of benzene rings is 1. The van der Waals surface area contributed by atoms with Gasteiger partial charge in [0.1, 0.15) is 17.5 Å². The lowest BCUT2D eigenvalue weighted by Crippen LogP contribution is -2.19. The van der Waals surface area contributed by atoms with E-state index in [0.29, 0.717) is 22.9 Å². The molecule has 4 N–H and O–H groups in total. The number of halogens is 1. The van der Waals surface area contributed by atoms with Crippen molar-refractivity contribution in [2.45, 2.75) is 0 Å². The zero-order valence-electron chi connectivity index (χ0n) is 15.0. The lowest BCUT2D eigenvalue weighted by atomic mass is 10.1. The first kappa shape index (κ1) is 17.5. The van der Waals surface area contributed by atoms with E-state index in [9.17, 15) is 9.18 Å². The van der Waals surface area contributed by atoms with E-state index in [1.54, 1.807) is 13.1 Å². The van der Waals surface area contributed by atoms with Gasteiger partial charge in [0.05, 0.1) is 28.7 Å². The number of anilines is 4. The molecule has 0 fully saturated rings. The molecular formula is C20H17FN6O. The van der Waals surface area contributed by atoms with Crippen molar-refractivity contribution in [2.75, 3.05) is 17.7 Å². The van der Waals surface area contributed by atoms with Crippen LogP contribution in [0.2, 0.25) is 0 Å². The molecule has 4 rings (SSSR count). The van der Waals surface area contributed by atoms with Crippen LogP contribution in [0.3, 0.4) is 0 Å². The molecule has 0 saturated carbocycles. The number of amides is 1. The SMILES string of the molecule is CNC(=O)c1cnc(Nc2ccc(F)cn2)cc1Nc1cccc2cc[nH]c12. The van der Waals surface area contributed by atoms with Crippen LogP contribution in [0, 0.1) is 5.82 Å². The van der Waals surface area contributed by atoms with Gasteiger partial charge in [-0.1, -0.05) is 12.1 Å². The van der Waals surface area contributed by atoms with Crippen molar-refractivity contribution in [3.05, 3.63) is 72.4 Å². The van der Waals surface area contributed by atoms with Crippen molar-refractivity contribution < 1.29 is 9.18 Å². The molecule has 3 aromatic heterocycles. The Morgan fingerprint density at radius 3 is 2.64 bits per heavy atom. The van der Waals surface area contributed by atoms with Crippen LogP contribution in [0.1, 0.15) is 10.4 Å². The average molecular weight is 376 g/mol. The summed E-state index contributed by atoms with van der Waals surface area (Å²) < 4.78 is 13.1. The Morgan fingerprint density at radius 1 is 1.00 bits per heavy atom. The molecule has 4 aromatic rings. The van der Waals surface area contributed by atoms with Crippen molar-refractivity contribution in [2.24, 2.45) is 0 Å². The van der Waals surface area contributed by atoms with Gasteiger partial charge in [0, 0.05) is 30.9 Å². The van der Waals surface area contributed by atoms with Gasteiger partial charge in [-0.25, -0.2) is 14.4 Å². The number of fused-ring (bicyclic) bond motifs is 1. The molecule has 0 unspecified atom stereocenters. The summed E-state index contributed by atoms with van der Waals surface area (Å²) in [6.07, 6.45) is 4.45. The summed E-state index contributed by atoms with van der Waals surface area (Å²) in [4.78, 5) is 23.7. The third-order valence-corrected chi connectivity index (χ3v) is 4.22. The second-order valence-electron chi connectivity index (χ2n) is 6.05. The zero-order valence-corrected chi connectivity index (χ0v) is 15.0. The molecule has 3 heterocycles. The average Bonchev–Trinajstić information content (AvgIpc) is 3.19. The molecule has 1 amide bonds. The molecular weight excluding hydrogens is 359 g/mol. The molecule has 7 nitrogen and oxygen atoms in total. The smallest absolute Gasteiger partial charge is 0.254 e. The van der Waals surface area contributed by atoms with E-state index in [4.69, 9.17) is 0 Å². The van der Waals surface area contributed by atoms with E-state index in [-0.39, 0.29) is 5.91 Å². The highest BCUT2D eigenvalue weighted by atomic mass is 19.1. The van der Waals surface area contributed by atoms with E-state index < -0.39 is 5.82 Å². The maximum atomic E-state index is 13.1. The van der Waals surface area contributed by atoms with Crippen molar-refractivity contribution in [1.29, 1.82) is 0 Å². The molecule has 0 aliphatic heterocycles. The lowest BCUT2D eigenvalue weighted by Gasteiger charge is -2.14. The Balaban J connectivity index is 1.71. The van der Waals surface area contributed by atoms with Gasteiger partial charge in [-0.2, -0.15) is 0 Å². The number of hydrogen-bond donors (Lipinski definition) is 4. The van der Waals surface area contributed by atoms with Gasteiger partial charge in [-0.15, -0.1) is 0 Å². The van der Waals surface area contributed by atoms with E-state index in [0.717, 1.165) is 22.8 Å². The Bertz CT molecular complexity index is 1140. The summed E-state index contributed by atoms with van der Waals surface area (Å²) >= 11 is 0. The van der Waals surface area contributed by atoms with E-state index in [1.807, 2.05) is 30.5 Å². The molecule has 0 bridgehead atoms. The number of nitrogens with one attached hydrogen (secondary N) is 4. The highest BCUT2D eigenvalue weighted by Gasteiger charge is 2.14. The summed E-state index contributed by atoms with van der Waals surface area (Å²) in [6, 6.07) is 12.3. The van der Waals surface area contributed by atoms with Gasteiger partial charge >= 0.3 is 0 Å². The van der Waals surface area contributed by atoms with Crippen LogP contribution in [0.25, 0.3) is 10.9 Å². The summed E-state index contributed by atoms with van der Waals surface area (Å²) in [7, 11) is 1.56. The maximum absolute atomic E-state index is 13.1. The number of aromatic amines is 1. The number of nitrogens with zero attached hydrogens (tertiary/aromatic N) is 2. The number of H-pyrrole nitrogens is 1. The summed E-state index contributed by atoms with van der Waals surface area (Å²) in [5.74, 6) is 0.224. The Morgan fingerprint density at radius 2 is 1.86 bits per heavy atom. The van der Waals surface area contributed by atoms with Crippen LogP contribution in [-0.4, -0.2) is 27.9 Å². The predicted molar refractivity (Wildman–Crippen MR) is 107 cm³/mol. The monoisotopic (exact) mass is 376 g/mol. The topological polar surface area (TPSA) is 94.7 Å². The van der Waals surface area contributed by atoms with Gasteiger partial charge < -0.3 is 20.9 Å². The van der Waals surface area contributed by atoms with E-state index in [1.165, 1.54) is 18.3 Å². The van der Waals surface area contributed by atoms with Gasteiger partial charge in [0.25, 0.3) is 5.91 Å². The first-order chi connectivity index (χ1) is 13.6. The third kappa shape index (κ3) is 3.48. The number of pyridine rings is 2. The van der Waals surface area contributed by atoms with Crippen molar-refractivity contribution in [1.82, 2.24) is 20.3 Å². The summed E-state index contributed by atoms with van der Waals surface area (Å²) in [5.41, 5.74) is 2.71. The fourth-order valence-electron chi connectivity index (χ4n) is 2.86. The van der Waals surface area contributed by atoms with Crippen LogP contribution >= 0.6 is 0 Å². The number of rotatable bonds is 5. The first-order valence-corrected chi connectivity index (χ1v) is 8.58. The number of carbonyl (C=O) groups excluding carboxylic acids is 1. The maximum Gasteiger partial charge on any atom is 0.254 e. The minimum Gasteiger partial charge on any atom is -0.359 e. The highest BCUT2D eigenvalue weighted by molar-refractivity contribution is 6.02. The molecule has 1 aromatic carbocycles. The molecule has 28 heavy (non-hydrogen) atoms. The van der Waals surface area contributed by atoms with Crippen LogP contribution in [0.4, 0.5) is 27.4 Å². The number of aromatic nitrogens is 3. The fraction of sp³-hybridized carbons (Fsp3) is 0.0500. The van der Waals surface area contributed by atoms with Crippen LogP contribution < -0.4 is 16.0 Å². The normalized spacial score (nSPS) is 10.6. The molecule has 140 valence electrons. The molecule has 8 heteroatoms. The van der Waals surface area contributed by atoms with Gasteiger partial charge in [-0.3, -0.25) is 4.79 Å². The molecule has 0 radical (unpaired) electrons. The van der Waals surface area contributed by atoms with Gasteiger partial charge in [0.15, 0.2) is 0 Å². The van der Waals surface area contributed by atoms with Crippen molar-refractivity contribution in [3.63, 3.8) is 0 Å². The van der Waals surface area contributed by atoms with Gasteiger partial charge in [-0.05, 0) is 24.3 Å². The molecule has 0 spiro atoms. The van der Waals surface area contributed by atoms with E-state index in [2.05, 4.69) is 30.9 Å². The van der Waals surface area contributed by atoms with E-state index >= 15 is 0 Å². The number of hydrogen-bond acceptors (Lipinski definition) is 5. The van der Waals surface area contributed by atoms with Crippen molar-refractivity contribution >= 4 is 39.8 Å². The largest absolute Gasteiger partial charge is 0.359 e. The number of carbonyl (C=O) groups is 1. The quantitative estimate of drug-likeness (QED) is 0.423. The Kier molecular flexibility index (Phi) is 4.59. The second kappa shape index (κ2) is 7.36. The standard InChI is InChI=1S/C20H17FN6O/c1-22-20(28)14-11-25-18(27-17-6-5-13(21)10-24-17)9-16(14)26-15-4-2-3-12-7-8-23-19(12)15/h2-11,23H,1H3,(H,22,28)(H2,24,25,26,27). The fourth-order valence-corrected chi connectivity index (χ4v) is 2.86. The molecule has 0 aliphatic carbocycles. The molecule has 0 saturated heterocycles. The number of para-hydroxylation sites is 1. The molecule has 0 aliphatic rings. The second-order valence-corrected chi connectivity index (χ2v) is 6.05. The van der Waals surface area contributed by atoms with Crippen molar-refractivity contribution in [3.8, 4) is 0 Å².